The minimum atomic E-state index is 0.0103. The van der Waals surface area contributed by atoms with Gasteiger partial charge < -0.3 is 4.42 Å². The van der Waals surface area contributed by atoms with E-state index < -0.39 is 0 Å². The molecule has 1 aliphatic rings. The van der Waals surface area contributed by atoms with Crippen molar-refractivity contribution in [3.8, 4) is 22.4 Å². The largest absolute Gasteiger partial charge is 0.455 e. The topological polar surface area (TPSA) is 17.0 Å². The molecular formula is C38H44NO+. The molecule has 2 nitrogen and oxygen atoms in total. The lowest BCUT2D eigenvalue weighted by Crippen LogP contribution is -2.32. The summed E-state index contributed by atoms with van der Waals surface area (Å²) in [7, 11) is 2.17. The average Bonchev–Trinajstić information content (AvgIpc) is 3.36. The summed E-state index contributed by atoms with van der Waals surface area (Å²) in [5.41, 5.74) is 14.1. The van der Waals surface area contributed by atoms with Crippen molar-refractivity contribution < 1.29 is 8.98 Å². The third-order valence-corrected chi connectivity index (χ3v) is 9.15. The first-order chi connectivity index (χ1) is 19.0. The second kappa shape index (κ2) is 9.61. The molecule has 5 aromatic rings. The summed E-state index contributed by atoms with van der Waals surface area (Å²) in [6.45, 7) is 18.4. The Bertz CT molecular complexity index is 1750. The van der Waals surface area contributed by atoms with Gasteiger partial charge in [-0.05, 0) is 90.0 Å². The zero-order valence-electron chi connectivity index (χ0n) is 25.8. The maximum Gasteiger partial charge on any atom is 0.216 e. The van der Waals surface area contributed by atoms with Crippen molar-refractivity contribution in [2.24, 2.45) is 18.9 Å². The zero-order chi connectivity index (χ0) is 28.5. The van der Waals surface area contributed by atoms with E-state index >= 15 is 0 Å². The summed E-state index contributed by atoms with van der Waals surface area (Å²) in [5, 5.41) is 2.42. The zero-order valence-corrected chi connectivity index (χ0v) is 25.8. The highest BCUT2D eigenvalue weighted by atomic mass is 16.3. The molecular weight excluding hydrogens is 486 g/mol. The fourth-order valence-electron chi connectivity index (χ4n) is 7.74. The van der Waals surface area contributed by atoms with Gasteiger partial charge >= 0.3 is 0 Å². The summed E-state index contributed by atoms with van der Waals surface area (Å²) in [6.07, 6.45) is 4.58. The number of hydrogen-bond donors (Lipinski definition) is 0. The number of aryl methyl sites for hydroxylation is 3. The minimum Gasteiger partial charge on any atom is -0.455 e. The van der Waals surface area contributed by atoms with Crippen LogP contribution in [0.1, 0.15) is 88.1 Å². The van der Waals surface area contributed by atoms with Gasteiger partial charge in [0.05, 0.1) is 5.56 Å². The number of hydrogen-bond acceptors (Lipinski definition) is 1. The van der Waals surface area contributed by atoms with Crippen molar-refractivity contribution in [3.63, 3.8) is 0 Å². The first-order valence-corrected chi connectivity index (χ1v) is 15.1. The molecule has 0 spiro atoms. The lowest BCUT2D eigenvalue weighted by molar-refractivity contribution is -0.660. The van der Waals surface area contributed by atoms with Gasteiger partial charge in [-0.3, -0.25) is 0 Å². The highest BCUT2D eigenvalue weighted by Gasteiger charge is 2.44. The Hall–Kier alpha value is -3.39. The molecule has 2 aromatic heterocycles. The number of pyridine rings is 1. The Balaban J connectivity index is 1.65. The molecule has 206 valence electrons. The summed E-state index contributed by atoms with van der Waals surface area (Å²) in [4.78, 5) is 0. The van der Waals surface area contributed by atoms with Crippen molar-refractivity contribution in [2.75, 3.05) is 0 Å². The van der Waals surface area contributed by atoms with Crippen molar-refractivity contribution >= 4 is 21.9 Å². The standard InChI is InChI=1S/C38H44NO/c1-22(2)19-38(20-23(3)4)32-13-11-10-12-27(32)29-17-30-28-15-14-25(7)36(37(28)40-35(30)18-33(29)38)34-16-26(8)31(24(5)6)21-39(34)9/h10-18,21-24H,19-20H2,1-9H3/q+1. The molecule has 2 heterocycles. The molecule has 0 atom stereocenters. The van der Waals surface area contributed by atoms with Gasteiger partial charge in [-0.1, -0.05) is 77.9 Å². The van der Waals surface area contributed by atoms with Gasteiger partial charge in [-0.15, -0.1) is 0 Å². The molecule has 0 amide bonds. The Kier molecular flexibility index (Phi) is 6.44. The van der Waals surface area contributed by atoms with Crippen LogP contribution < -0.4 is 4.57 Å². The number of rotatable bonds is 6. The normalized spacial score (nSPS) is 14.2. The third kappa shape index (κ3) is 4.02. The van der Waals surface area contributed by atoms with E-state index in [4.69, 9.17) is 4.42 Å². The summed E-state index contributed by atoms with van der Waals surface area (Å²) >= 11 is 0. The number of fused-ring (bicyclic) bond motifs is 6. The molecule has 2 heteroatoms. The third-order valence-electron chi connectivity index (χ3n) is 9.15. The maximum absolute atomic E-state index is 6.91. The van der Waals surface area contributed by atoms with Crippen molar-refractivity contribution in [1.29, 1.82) is 0 Å². The predicted molar refractivity (Wildman–Crippen MR) is 169 cm³/mol. The van der Waals surface area contributed by atoms with E-state index in [9.17, 15) is 0 Å². The highest BCUT2D eigenvalue weighted by Crippen LogP contribution is 2.56. The Morgan fingerprint density at radius 3 is 2.12 bits per heavy atom. The molecule has 40 heavy (non-hydrogen) atoms. The number of nitrogens with zero attached hydrogens (tertiary/aromatic N) is 1. The summed E-state index contributed by atoms with van der Waals surface area (Å²) < 4.78 is 9.19. The quantitative estimate of drug-likeness (QED) is 0.200. The molecule has 0 aliphatic heterocycles. The van der Waals surface area contributed by atoms with Gasteiger partial charge in [0, 0.05) is 27.8 Å². The molecule has 0 saturated carbocycles. The van der Waals surface area contributed by atoms with Gasteiger partial charge in [0.15, 0.2) is 6.20 Å². The lowest BCUT2D eigenvalue weighted by atomic mass is 9.68. The molecule has 0 bridgehead atoms. The van der Waals surface area contributed by atoms with Gasteiger partial charge in [0.2, 0.25) is 5.69 Å². The lowest BCUT2D eigenvalue weighted by Gasteiger charge is -2.35. The van der Waals surface area contributed by atoms with E-state index in [1.165, 1.54) is 61.0 Å². The van der Waals surface area contributed by atoms with Crippen LogP contribution in [0.4, 0.5) is 0 Å². The second-order valence-electron chi connectivity index (χ2n) is 13.5. The van der Waals surface area contributed by atoms with Crippen LogP contribution in [0, 0.1) is 25.7 Å². The minimum absolute atomic E-state index is 0.0103. The average molecular weight is 531 g/mol. The first-order valence-electron chi connectivity index (χ1n) is 15.1. The Morgan fingerprint density at radius 1 is 0.750 bits per heavy atom. The predicted octanol–water partition coefficient (Wildman–Crippen LogP) is 10.2. The molecule has 0 unspecified atom stereocenters. The molecule has 0 N–H and O–H groups in total. The van der Waals surface area contributed by atoms with E-state index in [1.807, 2.05) is 0 Å². The van der Waals surface area contributed by atoms with Gasteiger partial charge in [0.25, 0.3) is 0 Å². The summed E-state index contributed by atoms with van der Waals surface area (Å²) in [6, 6.07) is 20.8. The van der Waals surface area contributed by atoms with Crippen LogP contribution in [0.5, 0.6) is 0 Å². The fourth-order valence-corrected chi connectivity index (χ4v) is 7.74. The van der Waals surface area contributed by atoms with Crippen LogP contribution in [0.3, 0.4) is 0 Å². The highest BCUT2D eigenvalue weighted by molar-refractivity contribution is 6.11. The molecule has 0 saturated heterocycles. The number of furan rings is 1. The molecule has 1 aliphatic carbocycles. The van der Waals surface area contributed by atoms with E-state index in [-0.39, 0.29) is 5.41 Å². The molecule has 3 aromatic carbocycles. The van der Waals surface area contributed by atoms with Gasteiger partial charge in [0.1, 0.15) is 18.2 Å². The van der Waals surface area contributed by atoms with Crippen LogP contribution >= 0.6 is 0 Å². The van der Waals surface area contributed by atoms with E-state index in [0.29, 0.717) is 17.8 Å². The first kappa shape index (κ1) is 26.8. The Labute approximate surface area is 240 Å². The monoisotopic (exact) mass is 530 g/mol. The maximum atomic E-state index is 6.91. The van der Waals surface area contributed by atoms with Crippen LogP contribution in [0.2, 0.25) is 0 Å². The van der Waals surface area contributed by atoms with Crippen LogP contribution in [-0.2, 0) is 12.5 Å². The summed E-state index contributed by atoms with van der Waals surface area (Å²) in [5.74, 6) is 1.68. The van der Waals surface area contributed by atoms with E-state index in [1.54, 1.807) is 0 Å². The van der Waals surface area contributed by atoms with Gasteiger partial charge in [-0.25, -0.2) is 4.57 Å². The molecule has 6 rings (SSSR count). The fraction of sp³-hybridized carbons (Fsp3) is 0.395. The van der Waals surface area contributed by atoms with Crippen LogP contribution in [0.25, 0.3) is 44.3 Å². The van der Waals surface area contributed by atoms with E-state index in [0.717, 1.165) is 24.0 Å². The van der Waals surface area contributed by atoms with Crippen molar-refractivity contribution in [2.45, 2.75) is 79.6 Å². The van der Waals surface area contributed by atoms with Crippen LogP contribution in [-0.4, -0.2) is 0 Å². The molecule has 0 fully saturated rings. The van der Waals surface area contributed by atoms with Gasteiger partial charge in [-0.2, -0.15) is 0 Å². The van der Waals surface area contributed by atoms with Crippen molar-refractivity contribution in [3.05, 3.63) is 88.6 Å². The SMILES string of the molecule is Cc1cc(-c2c(C)ccc3c2oc2cc4c(cc23)-c2ccccc2C4(CC(C)C)CC(C)C)[n+](C)cc1C(C)C. The van der Waals surface area contributed by atoms with Crippen LogP contribution in [0.15, 0.2) is 65.2 Å². The van der Waals surface area contributed by atoms with E-state index in [2.05, 4.69) is 128 Å². The Morgan fingerprint density at radius 2 is 1.45 bits per heavy atom. The molecule has 0 radical (unpaired) electrons. The number of benzene rings is 3. The van der Waals surface area contributed by atoms with Crippen molar-refractivity contribution in [1.82, 2.24) is 0 Å². The smallest absolute Gasteiger partial charge is 0.216 e. The second-order valence-corrected chi connectivity index (χ2v) is 13.5. The number of aromatic nitrogens is 1.